The van der Waals surface area contributed by atoms with Crippen molar-refractivity contribution < 1.29 is 14.3 Å². The van der Waals surface area contributed by atoms with Crippen molar-refractivity contribution in [1.29, 1.82) is 5.26 Å². The molecular weight excluding hydrogens is 515 g/mol. The summed E-state index contributed by atoms with van der Waals surface area (Å²) in [7, 11) is 0. The van der Waals surface area contributed by atoms with Crippen LogP contribution in [0.4, 0.5) is 0 Å². The second-order valence-electron chi connectivity index (χ2n) is 7.42. The molecule has 0 saturated heterocycles. The molecule has 1 aliphatic heterocycles. The van der Waals surface area contributed by atoms with Crippen LogP contribution in [0.1, 0.15) is 26.7 Å². The van der Waals surface area contributed by atoms with E-state index in [1.54, 1.807) is 36.4 Å². The zero-order valence-electron chi connectivity index (χ0n) is 17.1. The van der Waals surface area contributed by atoms with Crippen molar-refractivity contribution >= 4 is 62.2 Å². The zero-order chi connectivity index (χ0) is 24.0. The minimum absolute atomic E-state index is 0.0537. The van der Waals surface area contributed by atoms with E-state index in [0.29, 0.717) is 36.8 Å². The van der Waals surface area contributed by atoms with Gasteiger partial charge in [-0.05, 0) is 29.8 Å². The van der Waals surface area contributed by atoms with E-state index in [-0.39, 0.29) is 17.2 Å². The molecule has 0 radical (unpaired) electrons. The van der Waals surface area contributed by atoms with E-state index in [4.69, 9.17) is 50.0 Å². The molecule has 1 atom stereocenters. The number of hydrogen-bond donors (Lipinski definition) is 1. The molecule has 168 valence electrons. The van der Waals surface area contributed by atoms with E-state index < -0.39 is 11.9 Å². The number of esters is 1. The highest BCUT2D eigenvalue weighted by Crippen LogP contribution is 2.46. The summed E-state index contributed by atoms with van der Waals surface area (Å²) in [6, 6.07) is 19.5. The molecule has 34 heavy (non-hydrogen) atoms. The van der Waals surface area contributed by atoms with Crippen molar-refractivity contribution in [3.8, 4) is 17.6 Å². The Balaban J connectivity index is 1.51. The van der Waals surface area contributed by atoms with Gasteiger partial charge in [-0.15, -0.1) is 11.3 Å². The molecule has 2 N–H and O–H groups in total. The van der Waals surface area contributed by atoms with Gasteiger partial charge in [0.05, 0.1) is 10.9 Å². The van der Waals surface area contributed by atoms with Crippen LogP contribution in [0.25, 0.3) is 10.1 Å². The van der Waals surface area contributed by atoms with E-state index in [9.17, 15) is 10.1 Å². The Bertz CT molecular complexity index is 1560. The van der Waals surface area contributed by atoms with Gasteiger partial charge in [-0.25, -0.2) is 4.79 Å². The fourth-order valence-corrected chi connectivity index (χ4v) is 5.76. The van der Waals surface area contributed by atoms with Crippen molar-refractivity contribution in [2.75, 3.05) is 0 Å². The number of nitriles is 1. The second kappa shape index (κ2) is 8.86. The minimum Gasteiger partial charge on any atom is -0.440 e. The van der Waals surface area contributed by atoms with Gasteiger partial charge in [0.2, 0.25) is 5.88 Å². The largest absolute Gasteiger partial charge is 0.440 e. The maximum absolute atomic E-state index is 12.9. The molecule has 1 aliphatic rings. The first-order chi connectivity index (χ1) is 16.4. The highest BCUT2D eigenvalue weighted by molar-refractivity contribution is 7.21. The first-order valence-electron chi connectivity index (χ1n) is 9.93. The van der Waals surface area contributed by atoms with Crippen molar-refractivity contribution in [3.63, 3.8) is 0 Å². The van der Waals surface area contributed by atoms with Gasteiger partial charge in [0, 0.05) is 31.8 Å². The molecule has 0 aliphatic carbocycles. The number of ether oxygens (including phenoxy) is 2. The number of nitrogens with zero attached hydrogens (tertiary/aromatic N) is 1. The first kappa shape index (κ1) is 22.6. The number of benzene rings is 3. The van der Waals surface area contributed by atoms with Crippen LogP contribution in [0.15, 0.2) is 72.1 Å². The number of allylic oxidation sites excluding steroid dienone is 1. The standard InChI is InChI=1S/C25H13Cl3N2O3S/c26-12-5-7-14(18(27)9-12)21-15-8-6-13(10-19(15)33-24(30)17(21)11-29)32-25(31)23-22(28)16-3-1-2-4-20(16)34-23/h1-10,21H,30H2. The molecule has 9 heteroatoms. The Hall–Kier alpha value is -3.21. The van der Waals surface area contributed by atoms with Crippen LogP contribution in [0.5, 0.6) is 11.5 Å². The third-order valence-corrected chi connectivity index (χ3v) is 7.61. The minimum atomic E-state index is -0.583. The van der Waals surface area contributed by atoms with E-state index in [1.165, 1.54) is 11.3 Å². The molecule has 2 heterocycles. The van der Waals surface area contributed by atoms with Gasteiger partial charge >= 0.3 is 5.97 Å². The third-order valence-electron chi connectivity index (χ3n) is 5.39. The summed E-state index contributed by atoms with van der Waals surface area (Å²) in [4.78, 5) is 13.2. The van der Waals surface area contributed by atoms with E-state index in [1.807, 2.05) is 24.3 Å². The van der Waals surface area contributed by atoms with Crippen LogP contribution >= 0.6 is 46.1 Å². The van der Waals surface area contributed by atoms with Gasteiger partial charge in [0.15, 0.2) is 0 Å². The summed E-state index contributed by atoms with van der Waals surface area (Å²) < 4.78 is 12.2. The SMILES string of the molecule is N#CC1=C(N)Oc2cc(OC(=O)c3sc4ccccc4c3Cl)ccc2C1c1ccc(Cl)cc1Cl. The average molecular weight is 528 g/mol. The van der Waals surface area contributed by atoms with Gasteiger partial charge in [-0.2, -0.15) is 5.26 Å². The van der Waals surface area contributed by atoms with Gasteiger partial charge in [0.1, 0.15) is 28.0 Å². The van der Waals surface area contributed by atoms with Crippen LogP contribution in [-0.2, 0) is 0 Å². The van der Waals surface area contributed by atoms with E-state index in [0.717, 1.165) is 10.1 Å². The number of carbonyl (C=O) groups excluding carboxylic acids is 1. The zero-order valence-corrected chi connectivity index (χ0v) is 20.2. The van der Waals surface area contributed by atoms with Crippen molar-refractivity contribution in [2.24, 2.45) is 5.73 Å². The van der Waals surface area contributed by atoms with Crippen LogP contribution < -0.4 is 15.2 Å². The summed E-state index contributed by atoms with van der Waals surface area (Å²) >= 11 is 20.1. The van der Waals surface area contributed by atoms with Crippen LogP contribution in [0, 0.1) is 11.3 Å². The number of halogens is 3. The lowest BCUT2D eigenvalue weighted by molar-refractivity contribution is 0.0740. The normalized spacial score (nSPS) is 14.9. The Kier molecular flexibility index (Phi) is 5.88. The molecule has 0 amide bonds. The average Bonchev–Trinajstić information content (AvgIpc) is 3.15. The lowest BCUT2D eigenvalue weighted by Crippen LogP contribution is -2.21. The summed E-state index contributed by atoms with van der Waals surface area (Å²) in [5.74, 6) is -0.616. The second-order valence-corrected chi connectivity index (χ2v) is 9.69. The predicted molar refractivity (Wildman–Crippen MR) is 134 cm³/mol. The predicted octanol–water partition coefficient (Wildman–Crippen LogP) is 7.30. The summed E-state index contributed by atoms with van der Waals surface area (Å²) in [6.07, 6.45) is 0. The third kappa shape index (κ3) is 3.87. The molecule has 0 fully saturated rings. The molecule has 3 aromatic carbocycles. The van der Waals surface area contributed by atoms with Gasteiger partial charge in [0.25, 0.3) is 0 Å². The van der Waals surface area contributed by atoms with Gasteiger partial charge in [-0.1, -0.05) is 65.1 Å². The molecule has 5 nitrogen and oxygen atoms in total. The summed E-state index contributed by atoms with van der Waals surface area (Å²) in [6.45, 7) is 0. The molecule has 0 spiro atoms. The first-order valence-corrected chi connectivity index (χ1v) is 11.9. The number of rotatable bonds is 3. The molecule has 5 rings (SSSR count). The number of thiophene rings is 1. The monoisotopic (exact) mass is 526 g/mol. The van der Waals surface area contributed by atoms with Gasteiger partial charge in [-0.3, -0.25) is 0 Å². The van der Waals surface area contributed by atoms with Crippen molar-refractivity contribution in [1.82, 2.24) is 0 Å². The van der Waals surface area contributed by atoms with Crippen molar-refractivity contribution in [3.05, 3.63) is 103 Å². The molecule has 1 unspecified atom stereocenters. The summed E-state index contributed by atoms with van der Waals surface area (Å²) in [5, 5.41) is 11.7. The highest BCUT2D eigenvalue weighted by Gasteiger charge is 2.32. The van der Waals surface area contributed by atoms with Crippen LogP contribution in [0.2, 0.25) is 15.1 Å². The number of carbonyl (C=O) groups is 1. The van der Waals surface area contributed by atoms with E-state index >= 15 is 0 Å². The fourth-order valence-electron chi connectivity index (χ4n) is 3.85. The fraction of sp³-hybridized carbons (Fsp3) is 0.0400. The van der Waals surface area contributed by atoms with Crippen LogP contribution in [0.3, 0.4) is 0 Å². The number of nitrogens with two attached hydrogens (primary N) is 1. The Labute approximate surface area is 213 Å². The number of hydrogen-bond acceptors (Lipinski definition) is 6. The Morgan fingerprint density at radius 3 is 2.56 bits per heavy atom. The molecular formula is C25H13Cl3N2O3S. The maximum Gasteiger partial charge on any atom is 0.355 e. The molecule has 4 aromatic rings. The number of fused-ring (bicyclic) bond motifs is 2. The topological polar surface area (TPSA) is 85.3 Å². The lowest BCUT2D eigenvalue weighted by atomic mass is 9.83. The Morgan fingerprint density at radius 1 is 1.06 bits per heavy atom. The molecule has 0 bridgehead atoms. The molecule has 0 saturated carbocycles. The van der Waals surface area contributed by atoms with Crippen molar-refractivity contribution in [2.45, 2.75) is 5.92 Å². The highest BCUT2D eigenvalue weighted by atomic mass is 35.5. The molecule has 1 aromatic heterocycles. The maximum atomic E-state index is 12.9. The smallest absolute Gasteiger partial charge is 0.355 e. The lowest BCUT2D eigenvalue weighted by Gasteiger charge is -2.27. The Morgan fingerprint density at radius 2 is 1.82 bits per heavy atom. The van der Waals surface area contributed by atoms with Crippen LogP contribution in [-0.4, -0.2) is 5.97 Å². The summed E-state index contributed by atoms with van der Waals surface area (Å²) in [5.41, 5.74) is 7.58. The van der Waals surface area contributed by atoms with Gasteiger partial charge < -0.3 is 15.2 Å². The quantitative estimate of drug-likeness (QED) is 0.223. The van der Waals surface area contributed by atoms with E-state index in [2.05, 4.69) is 6.07 Å².